The van der Waals surface area contributed by atoms with Gasteiger partial charge in [-0.15, -0.1) is 11.3 Å². The maximum absolute atomic E-state index is 14.7. The molecule has 0 bridgehead atoms. The molecule has 506 valence electrons. The fourth-order valence-corrected chi connectivity index (χ4v) is 12.7. The number of carbonyl (C=O) groups is 4. The number of primary amides is 1. The summed E-state index contributed by atoms with van der Waals surface area (Å²) in [4.78, 5) is 74.7. The van der Waals surface area contributed by atoms with E-state index in [1.54, 1.807) is 50.7 Å². The number of methoxy groups -OCH3 is 2. The van der Waals surface area contributed by atoms with E-state index in [1.807, 2.05) is 118 Å². The number of amides is 4. The second kappa shape index (κ2) is 32.8. The lowest BCUT2D eigenvalue weighted by Gasteiger charge is -2.42. The van der Waals surface area contributed by atoms with Crippen molar-refractivity contribution in [1.82, 2.24) is 35.5 Å². The van der Waals surface area contributed by atoms with E-state index >= 15 is 0 Å². The third-order valence-corrected chi connectivity index (χ3v) is 18.7. The van der Waals surface area contributed by atoms with Crippen molar-refractivity contribution in [2.75, 3.05) is 72.5 Å². The zero-order valence-corrected chi connectivity index (χ0v) is 56.6. The molecule has 6 aromatic carbocycles. The number of nitrogens with one attached hydrogen (secondary N) is 3. The van der Waals surface area contributed by atoms with Crippen LogP contribution in [0.4, 0.5) is 14.9 Å². The molecule has 3 atom stereocenters. The normalized spacial score (nSPS) is 13.8. The SMILES string of the molecule is COc1ccc(COC(=O)[C@@H](Cc2ccccc2OCc2ccnc(-c3ccccc3OC)n2)Oc2ncnc3sc(-c4ccc(F)cc4)c(-c4ccc(OCCN5CC[N+](C)(Cc6ccc(NC(=O)[C@H](CCCNC(N)=O)NC(=O)[C@@H](N)C(C)C)cc6)CC5)c(Cl)c4C)c23)cc1. The van der Waals surface area contributed by atoms with Gasteiger partial charge in [-0.3, -0.25) is 14.5 Å². The van der Waals surface area contributed by atoms with Crippen molar-refractivity contribution in [3.63, 3.8) is 0 Å². The standard InChI is InChI=1S/C73H79ClFN11O10S/c1-45(2)65(76)69(88)84-57(14-11-32-79-73(77)90)68(87)83-52-25-17-47(18-26-52)41-86(4)37-34-85(35-38-86)36-39-93-60-30-29-55(46(3)64(60)74)62-63-70(80-44-81-71(63)97-66(62)49-21-23-51(75)24-22-49)96-61(72(89)95-42-48-19-27-54(91-5)28-20-48)40-50-12-7-9-15-58(50)94-43-53-31-33-78-67(82-53)56-13-8-10-16-59(56)92-6/h7-10,12-13,15-31,33,44-45,57,61,65H,11,14,32,34-43,76H2,1-6H3,(H4-,77,79,83,84,87,88,90)/p+1/t57-,61+,65-/m0/s1. The molecule has 1 aliphatic heterocycles. The summed E-state index contributed by atoms with van der Waals surface area (Å²) < 4.78 is 52.3. The molecule has 0 aliphatic carbocycles. The topological polar surface area (TPSA) is 267 Å². The number of para-hydroxylation sites is 2. The number of nitrogens with two attached hydrogens (primary N) is 2. The van der Waals surface area contributed by atoms with Crippen molar-refractivity contribution in [2.45, 2.75) is 78.0 Å². The molecule has 0 saturated carbocycles. The van der Waals surface area contributed by atoms with Crippen molar-refractivity contribution in [1.29, 1.82) is 0 Å². The number of carbonyl (C=O) groups excluding carboxylic acids is 4. The number of aromatic nitrogens is 4. The molecule has 4 heterocycles. The smallest absolute Gasteiger partial charge is 0.348 e. The number of benzene rings is 6. The lowest BCUT2D eigenvalue weighted by atomic mass is 9.96. The number of urea groups is 1. The average Bonchev–Trinajstić information content (AvgIpc) is 1.73. The van der Waals surface area contributed by atoms with E-state index in [2.05, 4.69) is 32.9 Å². The molecule has 0 spiro atoms. The van der Waals surface area contributed by atoms with Crippen LogP contribution in [0.25, 0.3) is 43.2 Å². The molecular formula is C73H80ClFN11O10S+. The van der Waals surface area contributed by atoms with Gasteiger partial charge in [0.2, 0.25) is 23.8 Å². The second-order valence-electron chi connectivity index (χ2n) is 24.3. The predicted octanol–water partition coefficient (Wildman–Crippen LogP) is 11.1. The molecule has 97 heavy (non-hydrogen) atoms. The van der Waals surface area contributed by atoms with E-state index in [9.17, 15) is 23.6 Å². The highest BCUT2D eigenvalue weighted by atomic mass is 35.5. The number of fused-ring (bicyclic) bond motifs is 1. The van der Waals surface area contributed by atoms with Crippen LogP contribution in [-0.4, -0.2) is 138 Å². The molecular weight excluding hydrogens is 1280 g/mol. The van der Waals surface area contributed by atoms with Gasteiger partial charge in [0, 0.05) is 60.5 Å². The number of piperazine rings is 1. The predicted molar refractivity (Wildman–Crippen MR) is 372 cm³/mol. The van der Waals surface area contributed by atoms with Gasteiger partial charge in [-0.25, -0.2) is 33.9 Å². The minimum Gasteiger partial charge on any atom is -0.497 e. The Labute approximate surface area is 572 Å². The van der Waals surface area contributed by atoms with Gasteiger partial charge in [0.1, 0.15) is 72.4 Å². The summed E-state index contributed by atoms with van der Waals surface area (Å²) in [6.45, 7) is 11.1. The molecule has 1 fully saturated rings. The minimum atomic E-state index is -1.27. The molecule has 0 unspecified atom stereocenters. The highest BCUT2D eigenvalue weighted by molar-refractivity contribution is 7.22. The summed E-state index contributed by atoms with van der Waals surface area (Å²) in [5, 5.41) is 9.14. The second-order valence-corrected chi connectivity index (χ2v) is 25.7. The lowest BCUT2D eigenvalue weighted by molar-refractivity contribution is -0.926. The Morgan fingerprint density at radius 1 is 0.784 bits per heavy atom. The maximum Gasteiger partial charge on any atom is 0.348 e. The monoisotopic (exact) mass is 1360 g/mol. The van der Waals surface area contributed by atoms with Crippen LogP contribution in [0, 0.1) is 18.7 Å². The number of thiophene rings is 1. The fourth-order valence-electron chi connectivity index (χ4n) is 11.4. The number of likely N-dealkylation sites (N-methyl/N-ethyl adjacent to an activating group) is 1. The van der Waals surface area contributed by atoms with E-state index in [-0.39, 0.29) is 50.3 Å². The number of esters is 1. The summed E-state index contributed by atoms with van der Waals surface area (Å²) in [7, 11) is 5.42. The van der Waals surface area contributed by atoms with Gasteiger partial charge in [-0.1, -0.05) is 98.2 Å². The average molecular weight is 1360 g/mol. The largest absolute Gasteiger partial charge is 0.497 e. The van der Waals surface area contributed by atoms with Gasteiger partial charge in [-0.2, -0.15) is 0 Å². The molecule has 24 heteroatoms. The van der Waals surface area contributed by atoms with Gasteiger partial charge in [-0.05, 0) is 120 Å². The van der Waals surface area contributed by atoms with Gasteiger partial charge >= 0.3 is 12.0 Å². The third-order valence-electron chi connectivity index (χ3n) is 17.0. The Balaban J connectivity index is 0.833. The zero-order chi connectivity index (χ0) is 68.6. The molecule has 1 aliphatic rings. The highest BCUT2D eigenvalue weighted by Gasteiger charge is 2.32. The Kier molecular flexibility index (Phi) is 23.7. The first-order valence-corrected chi connectivity index (χ1v) is 33.2. The van der Waals surface area contributed by atoms with Gasteiger partial charge in [0.15, 0.2) is 5.82 Å². The highest BCUT2D eigenvalue weighted by Crippen LogP contribution is 2.50. The van der Waals surface area contributed by atoms with E-state index in [4.69, 9.17) is 66.4 Å². The molecule has 9 aromatic rings. The summed E-state index contributed by atoms with van der Waals surface area (Å²) in [6.07, 6.45) is 2.46. The van der Waals surface area contributed by atoms with E-state index < -0.39 is 41.9 Å². The molecule has 1 saturated heterocycles. The van der Waals surface area contributed by atoms with E-state index in [0.29, 0.717) is 97.3 Å². The number of hydrogen-bond acceptors (Lipinski definition) is 17. The van der Waals surface area contributed by atoms with Gasteiger partial charge in [0.25, 0.3) is 0 Å². The Morgan fingerprint density at radius 3 is 2.23 bits per heavy atom. The maximum atomic E-state index is 14.7. The summed E-state index contributed by atoms with van der Waals surface area (Å²) in [5.74, 6) is 0.860. The third kappa shape index (κ3) is 18.2. The first kappa shape index (κ1) is 70.0. The van der Waals surface area contributed by atoms with Crippen LogP contribution in [0.15, 0.2) is 152 Å². The first-order valence-electron chi connectivity index (χ1n) is 32.0. The molecule has 0 radical (unpaired) electrons. The summed E-state index contributed by atoms with van der Waals surface area (Å²) in [5.41, 5.74) is 18.5. The Bertz CT molecular complexity index is 4200. The minimum absolute atomic E-state index is 0.000279. The van der Waals surface area contributed by atoms with Crippen LogP contribution in [0.1, 0.15) is 54.6 Å². The van der Waals surface area contributed by atoms with Crippen molar-refractivity contribution in [3.8, 4) is 61.8 Å². The van der Waals surface area contributed by atoms with Crippen molar-refractivity contribution >= 4 is 62.7 Å². The number of rotatable bonds is 30. The molecule has 10 rings (SSSR count). The molecule has 4 amide bonds. The van der Waals surface area contributed by atoms with Crippen LogP contribution in [0.2, 0.25) is 5.02 Å². The van der Waals surface area contributed by atoms with E-state index in [0.717, 1.165) is 64.3 Å². The van der Waals surface area contributed by atoms with Crippen LogP contribution >= 0.6 is 22.9 Å². The first-order chi connectivity index (χ1) is 46.8. The number of ether oxygens (including phenoxy) is 6. The van der Waals surface area contributed by atoms with E-state index in [1.165, 1.54) is 29.8 Å². The van der Waals surface area contributed by atoms with Gasteiger partial charge < -0.3 is 60.3 Å². The number of quaternary nitrogens is 1. The summed E-state index contributed by atoms with van der Waals surface area (Å²) >= 11 is 8.70. The molecule has 21 nitrogen and oxygen atoms in total. The lowest BCUT2D eigenvalue weighted by Crippen LogP contribution is -2.57. The van der Waals surface area contributed by atoms with Crippen LogP contribution in [0.5, 0.6) is 28.9 Å². The number of halogens is 2. The zero-order valence-electron chi connectivity index (χ0n) is 55.0. The molecule has 7 N–H and O–H groups in total. The van der Waals surface area contributed by atoms with Crippen molar-refractivity contribution in [2.24, 2.45) is 17.4 Å². The number of hydrogen-bond donors (Lipinski definition) is 5. The van der Waals surface area contributed by atoms with Crippen molar-refractivity contribution < 1.29 is 56.5 Å². The van der Waals surface area contributed by atoms with Crippen LogP contribution < -0.4 is 51.1 Å². The quantitative estimate of drug-likeness (QED) is 0.0159. The van der Waals surface area contributed by atoms with Crippen LogP contribution in [0.3, 0.4) is 0 Å². The summed E-state index contributed by atoms with van der Waals surface area (Å²) in [6, 6.07) is 39.3. The fraction of sp³-hybridized carbons (Fsp3) is 0.315. The number of anilines is 1. The van der Waals surface area contributed by atoms with Gasteiger partial charge in [0.05, 0.1) is 62.1 Å². The van der Waals surface area contributed by atoms with Crippen molar-refractivity contribution in [3.05, 3.63) is 191 Å². The number of nitrogens with zero attached hydrogens (tertiary/aromatic N) is 6. The Hall–Kier alpha value is -9.78. The van der Waals surface area contributed by atoms with Crippen LogP contribution in [-0.2, 0) is 45.3 Å². The molecule has 3 aromatic heterocycles. The Morgan fingerprint density at radius 2 is 1.51 bits per heavy atom.